The van der Waals surface area contributed by atoms with Crippen LogP contribution in [0.1, 0.15) is 18.1 Å². The van der Waals surface area contributed by atoms with Crippen LogP contribution in [0.25, 0.3) is 0 Å². The zero-order chi connectivity index (χ0) is 13.8. The van der Waals surface area contributed by atoms with Gasteiger partial charge in [-0.25, -0.2) is 0 Å². The Labute approximate surface area is 124 Å². The predicted molar refractivity (Wildman–Crippen MR) is 77.4 cm³/mol. The van der Waals surface area contributed by atoms with Gasteiger partial charge in [-0.3, -0.25) is 0 Å². The van der Waals surface area contributed by atoms with Crippen molar-refractivity contribution in [1.29, 1.82) is 0 Å². The molecule has 0 saturated heterocycles. The highest BCUT2D eigenvalue weighted by atomic mass is 35.5. The summed E-state index contributed by atoms with van der Waals surface area (Å²) in [5, 5.41) is 27.8. The van der Waals surface area contributed by atoms with Crippen LogP contribution in [0.5, 0.6) is 5.75 Å². The molecule has 2 rings (SSSR count). The van der Waals surface area contributed by atoms with E-state index in [1.54, 1.807) is 12.1 Å². The summed E-state index contributed by atoms with van der Waals surface area (Å²) in [6, 6.07) is 5.38. The quantitative estimate of drug-likeness (QED) is 0.500. The molecule has 0 aromatic heterocycles. The SMILES string of the molecule is Cl.NCC1OB(O)c2c(OCC[C@H](O)CO)cccc21. The molecule has 1 aromatic carbocycles. The molecule has 1 heterocycles. The number of ether oxygens (including phenoxy) is 1. The molecule has 0 radical (unpaired) electrons. The Bertz CT molecular complexity index is 436. The van der Waals surface area contributed by atoms with E-state index < -0.39 is 13.2 Å². The highest BCUT2D eigenvalue weighted by Gasteiger charge is 2.37. The second kappa shape index (κ2) is 7.83. The third kappa shape index (κ3) is 3.63. The van der Waals surface area contributed by atoms with Gasteiger partial charge in [-0.1, -0.05) is 12.1 Å². The molecule has 0 spiro atoms. The first-order chi connectivity index (χ1) is 9.17. The van der Waals surface area contributed by atoms with Crippen molar-refractivity contribution in [3.63, 3.8) is 0 Å². The highest BCUT2D eigenvalue weighted by Crippen LogP contribution is 2.26. The van der Waals surface area contributed by atoms with Gasteiger partial charge in [0.15, 0.2) is 0 Å². The van der Waals surface area contributed by atoms with E-state index in [1.807, 2.05) is 6.07 Å². The number of hydrogen-bond acceptors (Lipinski definition) is 6. The number of aliphatic hydroxyl groups is 2. The van der Waals surface area contributed by atoms with Crippen molar-refractivity contribution in [3.8, 4) is 5.75 Å². The largest absolute Gasteiger partial charge is 0.495 e. The second-order valence-corrected chi connectivity index (χ2v) is 4.45. The van der Waals surface area contributed by atoms with Gasteiger partial charge in [0.05, 0.1) is 25.4 Å². The van der Waals surface area contributed by atoms with Crippen molar-refractivity contribution in [1.82, 2.24) is 0 Å². The molecule has 2 atom stereocenters. The zero-order valence-corrected chi connectivity index (χ0v) is 11.8. The zero-order valence-electron chi connectivity index (χ0n) is 10.9. The first kappa shape index (κ1) is 17.2. The lowest BCUT2D eigenvalue weighted by Gasteiger charge is -2.12. The maximum Gasteiger partial charge on any atom is 0.495 e. The van der Waals surface area contributed by atoms with E-state index in [0.717, 1.165) is 5.56 Å². The van der Waals surface area contributed by atoms with Gasteiger partial charge in [-0.15, -0.1) is 12.4 Å². The highest BCUT2D eigenvalue weighted by molar-refractivity contribution is 6.62. The van der Waals surface area contributed by atoms with E-state index >= 15 is 0 Å². The molecular weight excluding hydrogens is 284 g/mol. The van der Waals surface area contributed by atoms with Crippen molar-refractivity contribution in [2.24, 2.45) is 5.73 Å². The summed E-state index contributed by atoms with van der Waals surface area (Å²) in [6.07, 6.45) is -0.802. The fourth-order valence-electron chi connectivity index (χ4n) is 2.11. The number of halogens is 1. The Kier molecular flexibility index (Phi) is 6.74. The molecule has 1 aliphatic rings. The van der Waals surface area contributed by atoms with Gasteiger partial charge in [-0.2, -0.15) is 0 Å². The van der Waals surface area contributed by atoms with Crippen LogP contribution in [-0.4, -0.2) is 48.2 Å². The maximum atomic E-state index is 9.87. The van der Waals surface area contributed by atoms with Crippen LogP contribution in [0, 0.1) is 0 Å². The van der Waals surface area contributed by atoms with Crippen molar-refractivity contribution in [2.45, 2.75) is 18.6 Å². The molecule has 20 heavy (non-hydrogen) atoms. The molecule has 0 bridgehead atoms. The fraction of sp³-hybridized carbons (Fsp3) is 0.500. The third-order valence-electron chi connectivity index (χ3n) is 3.12. The van der Waals surface area contributed by atoms with Crippen LogP contribution in [0.15, 0.2) is 18.2 Å². The van der Waals surface area contributed by atoms with Gasteiger partial charge in [0.2, 0.25) is 0 Å². The topological polar surface area (TPSA) is 105 Å². The Morgan fingerprint density at radius 3 is 2.85 bits per heavy atom. The number of hydrogen-bond donors (Lipinski definition) is 4. The van der Waals surface area contributed by atoms with Crippen molar-refractivity contribution in [2.75, 3.05) is 19.8 Å². The summed E-state index contributed by atoms with van der Waals surface area (Å²) in [5.41, 5.74) is 7.00. The summed E-state index contributed by atoms with van der Waals surface area (Å²) >= 11 is 0. The molecule has 0 amide bonds. The molecule has 0 aliphatic carbocycles. The monoisotopic (exact) mass is 303 g/mol. The third-order valence-corrected chi connectivity index (χ3v) is 3.12. The summed E-state index contributed by atoms with van der Waals surface area (Å²) < 4.78 is 10.9. The minimum absolute atomic E-state index is 0. The minimum atomic E-state index is -1.04. The molecular formula is C12H19BClNO5. The summed E-state index contributed by atoms with van der Waals surface area (Å²) in [4.78, 5) is 0. The van der Waals surface area contributed by atoms with Crippen LogP contribution in [0.4, 0.5) is 0 Å². The fourth-order valence-corrected chi connectivity index (χ4v) is 2.11. The number of benzene rings is 1. The summed E-state index contributed by atoms with van der Waals surface area (Å²) in [7, 11) is -1.04. The minimum Gasteiger partial charge on any atom is -0.494 e. The van der Waals surface area contributed by atoms with E-state index in [4.69, 9.17) is 20.2 Å². The Hall–Kier alpha value is -0.825. The molecule has 6 nitrogen and oxygen atoms in total. The van der Waals surface area contributed by atoms with Gasteiger partial charge in [0.25, 0.3) is 0 Å². The number of aliphatic hydroxyl groups excluding tert-OH is 2. The lowest BCUT2D eigenvalue weighted by molar-refractivity contribution is 0.0755. The van der Waals surface area contributed by atoms with Gasteiger partial charge >= 0.3 is 7.12 Å². The van der Waals surface area contributed by atoms with E-state index in [9.17, 15) is 10.1 Å². The number of rotatable bonds is 6. The van der Waals surface area contributed by atoms with Gasteiger partial charge in [0.1, 0.15) is 5.75 Å². The van der Waals surface area contributed by atoms with Crippen molar-refractivity contribution >= 4 is 25.0 Å². The van der Waals surface area contributed by atoms with E-state index in [-0.39, 0.29) is 38.3 Å². The van der Waals surface area contributed by atoms with Gasteiger partial charge < -0.3 is 30.4 Å². The molecule has 0 fully saturated rings. The van der Waals surface area contributed by atoms with Crippen LogP contribution in [0.2, 0.25) is 0 Å². The molecule has 5 N–H and O–H groups in total. The molecule has 8 heteroatoms. The maximum absolute atomic E-state index is 9.87. The van der Waals surface area contributed by atoms with E-state index in [2.05, 4.69) is 0 Å². The lowest BCUT2D eigenvalue weighted by atomic mass is 9.78. The molecule has 1 aliphatic heterocycles. The predicted octanol–water partition coefficient (Wildman–Crippen LogP) is -1.05. The second-order valence-electron chi connectivity index (χ2n) is 4.45. The summed E-state index contributed by atoms with van der Waals surface area (Å²) in [5.74, 6) is 0.520. The van der Waals surface area contributed by atoms with E-state index in [0.29, 0.717) is 17.6 Å². The number of fused-ring (bicyclic) bond motifs is 1. The van der Waals surface area contributed by atoms with Crippen molar-refractivity contribution in [3.05, 3.63) is 23.8 Å². The Balaban J connectivity index is 0.00000200. The standard InChI is InChI=1S/C12H18BNO5.ClH/c14-6-11-9-2-1-3-10(12(9)13(17)19-11)18-5-4-8(16)7-15;/h1-3,8,11,15-17H,4-7,14H2;1H/t8-,11?;/m0./s1. The molecule has 112 valence electrons. The van der Waals surface area contributed by atoms with Crippen LogP contribution in [0.3, 0.4) is 0 Å². The average Bonchev–Trinajstić information content (AvgIpc) is 2.76. The molecule has 1 unspecified atom stereocenters. The first-order valence-corrected chi connectivity index (χ1v) is 6.25. The van der Waals surface area contributed by atoms with Crippen LogP contribution >= 0.6 is 12.4 Å². The molecule has 1 aromatic rings. The molecule has 0 saturated carbocycles. The smallest absolute Gasteiger partial charge is 0.494 e. The first-order valence-electron chi connectivity index (χ1n) is 6.25. The average molecular weight is 304 g/mol. The van der Waals surface area contributed by atoms with Gasteiger partial charge in [-0.05, 0) is 11.6 Å². The van der Waals surface area contributed by atoms with Crippen LogP contribution < -0.4 is 15.9 Å². The van der Waals surface area contributed by atoms with Crippen molar-refractivity contribution < 1.29 is 24.6 Å². The van der Waals surface area contributed by atoms with E-state index in [1.165, 1.54) is 0 Å². The number of nitrogens with two attached hydrogens (primary N) is 1. The summed E-state index contributed by atoms with van der Waals surface area (Å²) in [6.45, 7) is 0.242. The lowest BCUT2D eigenvalue weighted by Crippen LogP contribution is -2.30. The Morgan fingerprint density at radius 1 is 1.45 bits per heavy atom. The van der Waals surface area contributed by atoms with Crippen LogP contribution in [-0.2, 0) is 4.65 Å². The van der Waals surface area contributed by atoms with Gasteiger partial charge in [0, 0.05) is 18.4 Å². The Morgan fingerprint density at radius 2 is 2.20 bits per heavy atom. The normalized spacial score (nSPS) is 18.4.